The maximum atomic E-state index is 13.8. The van der Waals surface area contributed by atoms with Crippen LogP contribution in [-0.2, 0) is 16.1 Å². The molecule has 2 amide bonds. The van der Waals surface area contributed by atoms with Gasteiger partial charge in [-0.1, -0.05) is 19.4 Å². The van der Waals surface area contributed by atoms with Gasteiger partial charge in [0.15, 0.2) is 11.5 Å². The van der Waals surface area contributed by atoms with Crippen LogP contribution >= 0.6 is 0 Å². The van der Waals surface area contributed by atoms with Gasteiger partial charge in [-0.2, -0.15) is 5.10 Å². The molecule has 8 nitrogen and oxygen atoms in total. The molecular formula is C22H27F3N4O4. The molecule has 1 heterocycles. The van der Waals surface area contributed by atoms with Crippen LogP contribution in [0.1, 0.15) is 38.2 Å². The maximum absolute atomic E-state index is 13.8. The summed E-state index contributed by atoms with van der Waals surface area (Å²) in [6.45, 7) is 0.847. The largest absolute Gasteiger partial charge is 0.504 e. The Hall–Kier alpha value is -3.50. The van der Waals surface area contributed by atoms with Crippen LogP contribution in [0.3, 0.4) is 0 Å². The first-order chi connectivity index (χ1) is 15.8. The molecule has 2 rings (SSSR count). The van der Waals surface area contributed by atoms with Crippen molar-refractivity contribution in [3.63, 3.8) is 0 Å². The minimum atomic E-state index is -0.912. The van der Waals surface area contributed by atoms with Crippen molar-refractivity contribution >= 4 is 18.0 Å². The summed E-state index contributed by atoms with van der Waals surface area (Å²) in [5.41, 5.74) is 1.96. The molecule has 0 fully saturated rings. The van der Waals surface area contributed by atoms with Gasteiger partial charge in [0, 0.05) is 24.7 Å². The highest BCUT2D eigenvalue weighted by molar-refractivity contribution is 6.13. The van der Waals surface area contributed by atoms with Gasteiger partial charge in [0.25, 0.3) is 11.8 Å². The van der Waals surface area contributed by atoms with E-state index >= 15 is 0 Å². The molecule has 0 spiro atoms. The first-order valence-corrected chi connectivity index (χ1v) is 10.5. The topological polar surface area (TPSA) is 114 Å². The summed E-state index contributed by atoms with van der Waals surface area (Å²) < 4.78 is 39.5. The summed E-state index contributed by atoms with van der Waals surface area (Å²) in [5.74, 6) is -4.84. The van der Waals surface area contributed by atoms with Crippen molar-refractivity contribution in [2.75, 3.05) is 19.9 Å². The van der Waals surface area contributed by atoms with Gasteiger partial charge in [0.2, 0.25) is 0 Å². The number of benzene rings is 1. The number of carbonyl (C=O) groups is 2. The number of carbonyl (C=O) groups excluding carboxylic acids is 2. The summed E-state index contributed by atoms with van der Waals surface area (Å²) in [5, 5.41) is 27.4. The van der Waals surface area contributed by atoms with E-state index in [0.717, 1.165) is 18.3 Å². The molecule has 1 aromatic rings. The number of alkyl halides is 1. The van der Waals surface area contributed by atoms with Crippen molar-refractivity contribution in [1.82, 2.24) is 15.6 Å². The van der Waals surface area contributed by atoms with Crippen molar-refractivity contribution in [2.24, 2.45) is 5.10 Å². The van der Waals surface area contributed by atoms with E-state index in [-0.39, 0.29) is 43.7 Å². The fourth-order valence-corrected chi connectivity index (χ4v) is 3.04. The molecule has 11 heteroatoms. The van der Waals surface area contributed by atoms with E-state index in [9.17, 15) is 33.0 Å². The first-order valence-electron chi connectivity index (χ1n) is 10.5. The van der Waals surface area contributed by atoms with Gasteiger partial charge in [-0.25, -0.2) is 8.78 Å². The standard InChI is InChI=1S/C22H27F3N4O4/c1-2-3-5-16-19(30)20(31)17(12-27-28-13-29(22(16)33)9-4-8-23)21(32)26-11-14-6-7-15(24)10-18(14)25/h6-7,10,12,28,30-31H,2-5,8-9,11,13H2,1H3,(H,26,32)/b19-16-,20-17?,27-12?. The van der Waals surface area contributed by atoms with Gasteiger partial charge >= 0.3 is 0 Å². The van der Waals surface area contributed by atoms with Gasteiger partial charge in [-0.15, -0.1) is 0 Å². The van der Waals surface area contributed by atoms with E-state index < -0.39 is 47.2 Å². The molecule has 0 saturated carbocycles. The lowest BCUT2D eigenvalue weighted by Crippen LogP contribution is -2.40. The quantitative estimate of drug-likeness (QED) is 0.445. The van der Waals surface area contributed by atoms with Crippen LogP contribution in [0.5, 0.6) is 0 Å². The second kappa shape index (κ2) is 12.5. The zero-order chi connectivity index (χ0) is 24.4. The molecule has 0 saturated heterocycles. The number of amides is 2. The van der Waals surface area contributed by atoms with Crippen LogP contribution in [-0.4, -0.2) is 53.0 Å². The number of nitrogens with one attached hydrogen (secondary N) is 2. The molecule has 180 valence electrons. The Morgan fingerprint density at radius 2 is 2.00 bits per heavy atom. The van der Waals surface area contributed by atoms with Crippen LogP contribution in [0.4, 0.5) is 13.2 Å². The third-order valence-electron chi connectivity index (χ3n) is 4.90. The molecule has 0 bridgehead atoms. The van der Waals surface area contributed by atoms with Gasteiger partial charge in [-0.3, -0.25) is 19.4 Å². The van der Waals surface area contributed by atoms with Crippen molar-refractivity contribution in [3.05, 3.63) is 58.1 Å². The summed E-state index contributed by atoms with van der Waals surface area (Å²) in [6, 6.07) is 2.86. The van der Waals surface area contributed by atoms with E-state index in [0.29, 0.717) is 18.9 Å². The lowest BCUT2D eigenvalue weighted by molar-refractivity contribution is -0.128. The summed E-state index contributed by atoms with van der Waals surface area (Å²) in [4.78, 5) is 26.9. The molecule has 0 aliphatic carbocycles. The number of nitrogens with zero attached hydrogens (tertiary/aromatic N) is 2. The normalized spacial score (nSPS) is 17.2. The van der Waals surface area contributed by atoms with Crippen LogP contribution < -0.4 is 10.7 Å². The summed E-state index contributed by atoms with van der Waals surface area (Å²) in [7, 11) is 0. The minimum absolute atomic E-state index is 0.00171. The molecule has 1 aliphatic rings. The molecule has 1 aromatic carbocycles. The average Bonchev–Trinajstić information content (AvgIpc) is 2.79. The SMILES string of the molecule is CCCC/C1=C(/O)C(O)=C(C(=O)NCc2ccc(F)cc2F)C=NNCN(CCCF)C1=O. The number of hydrazone groups is 1. The molecular weight excluding hydrogens is 441 g/mol. The Bertz CT molecular complexity index is 963. The number of rotatable bonds is 9. The summed E-state index contributed by atoms with van der Waals surface area (Å²) >= 11 is 0. The Morgan fingerprint density at radius 3 is 2.67 bits per heavy atom. The van der Waals surface area contributed by atoms with Crippen LogP contribution in [0.2, 0.25) is 0 Å². The highest BCUT2D eigenvalue weighted by Gasteiger charge is 2.26. The molecule has 0 aromatic heterocycles. The van der Waals surface area contributed by atoms with E-state index in [2.05, 4.69) is 15.8 Å². The number of unbranched alkanes of at least 4 members (excludes halogenated alkanes) is 1. The van der Waals surface area contributed by atoms with E-state index in [1.165, 1.54) is 4.90 Å². The molecule has 0 atom stereocenters. The van der Waals surface area contributed by atoms with Crippen molar-refractivity contribution in [1.29, 1.82) is 0 Å². The Labute approximate surface area is 189 Å². The fourth-order valence-electron chi connectivity index (χ4n) is 3.04. The van der Waals surface area contributed by atoms with Crippen molar-refractivity contribution < 1.29 is 33.0 Å². The Kier molecular flexibility index (Phi) is 9.77. The minimum Gasteiger partial charge on any atom is -0.504 e. The van der Waals surface area contributed by atoms with E-state index in [1.807, 2.05) is 6.92 Å². The highest BCUT2D eigenvalue weighted by Crippen LogP contribution is 2.21. The second-order valence-corrected chi connectivity index (χ2v) is 7.30. The van der Waals surface area contributed by atoms with E-state index in [4.69, 9.17) is 0 Å². The maximum Gasteiger partial charge on any atom is 0.257 e. The predicted molar refractivity (Wildman–Crippen MR) is 116 cm³/mol. The van der Waals surface area contributed by atoms with E-state index in [1.54, 1.807) is 0 Å². The molecule has 0 radical (unpaired) electrons. The molecule has 4 N–H and O–H groups in total. The molecule has 33 heavy (non-hydrogen) atoms. The van der Waals surface area contributed by atoms with Crippen LogP contribution in [0, 0.1) is 11.6 Å². The number of hydrogen-bond donors (Lipinski definition) is 4. The highest BCUT2D eigenvalue weighted by atomic mass is 19.1. The third kappa shape index (κ3) is 6.99. The number of halogens is 3. The predicted octanol–water partition coefficient (Wildman–Crippen LogP) is 3.13. The summed E-state index contributed by atoms with van der Waals surface area (Å²) in [6.07, 6.45) is 2.35. The van der Waals surface area contributed by atoms with Gasteiger partial charge in [-0.05, 0) is 25.3 Å². The van der Waals surface area contributed by atoms with Crippen LogP contribution in [0.15, 0.2) is 46.0 Å². The second-order valence-electron chi connectivity index (χ2n) is 7.30. The monoisotopic (exact) mass is 468 g/mol. The zero-order valence-electron chi connectivity index (χ0n) is 18.2. The Balaban J connectivity index is 2.38. The molecule has 1 aliphatic heterocycles. The first kappa shape index (κ1) is 25.8. The number of hydrogen-bond acceptors (Lipinski definition) is 6. The lowest BCUT2D eigenvalue weighted by atomic mass is 10.0. The average molecular weight is 468 g/mol. The third-order valence-corrected chi connectivity index (χ3v) is 4.90. The van der Waals surface area contributed by atoms with Crippen molar-refractivity contribution in [2.45, 2.75) is 39.2 Å². The number of aliphatic hydroxyl groups excluding tert-OH is 2. The van der Waals surface area contributed by atoms with Crippen LogP contribution in [0.25, 0.3) is 0 Å². The fraction of sp³-hybridized carbons (Fsp3) is 0.409. The lowest BCUT2D eigenvalue weighted by Gasteiger charge is -2.24. The van der Waals surface area contributed by atoms with Gasteiger partial charge in [0.05, 0.1) is 18.5 Å². The van der Waals surface area contributed by atoms with Crippen molar-refractivity contribution in [3.8, 4) is 0 Å². The Morgan fingerprint density at radius 1 is 1.24 bits per heavy atom. The zero-order valence-corrected chi connectivity index (χ0v) is 18.2. The van der Waals surface area contributed by atoms with Gasteiger partial charge in [0.1, 0.15) is 23.9 Å². The number of aliphatic hydroxyl groups is 2. The smallest absolute Gasteiger partial charge is 0.257 e. The molecule has 0 unspecified atom stereocenters. The van der Waals surface area contributed by atoms with Gasteiger partial charge < -0.3 is 20.4 Å².